The number of nitrogens with zero attached hydrogens (tertiary/aromatic N) is 2. The molecule has 3 aromatic rings. The van der Waals surface area contributed by atoms with Gasteiger partial charge < -0.3 is 9.47 Å². The number of aryl methyl sites for hydroxylation is 3. The predicted octanol–water partition coefficient (Wildman–Crippen LogP) is 4.61. The standard InChI is InChI=1S/C25H29FN2O3S/c1-15-6-7-18(4)23(9-15)32(30,31)24-14-27(5)21-11-22(20(26)10-19(21)25(24)29)28-12-16(2)8-17(3)13-28/h6-7,9-11,14,16-17H,8,12-13H2,1-5H3/t16-,17+. The second kappa shape index (κ2) is 8.03. The molecule has 0 bridgehead atoms. The lowest BCUT2D eigenvalue weighted by Crippen LogP contribution is -2.39. The molecule has 0 radical (unpaired) electrons. The maximum Gasteiger partial charge on any atom is 0.212 e. The lowest BCUT2D eigenvalue weighted by Gasteiger charge is -2.36. The van der Waals surface area contributed by atoms with Gasteiger partial charge in [0.15, 0.2) is 0 Å². The van der Waals surface area contributed by atoms with E-state index in [1.807, 2.05) is 11.0 Å². The van der Waals surface area contributed by atoms with Crippen LogP contribution in [0.15, 0.2) is 51.1 Å². The van der Waals surface area contributed by atoms with Gasteiger partial charge in [0, 0.05) is 26.3 Å². The number of aromatic nitrogens is 1. The molecule has 1 aliphatic heterocycles. The van der Waals surface area contributed by atoms with Gasteiger partial charge in [-0.05, 0) is 61.4 Å². The first-order valence-electron chi connectivity index (χ1n) is 10.9. The fourth-order valence-corrected chi connectivity index (χ4v) is 6.59. The Morgan fingerprint density at radius 3 is 2.31 bits per heavy atom. The molecule has 1 aliphatic rings. The summed E-state index contributed by atoms with van der Waals surface area (Å²) in [7, 11) is -2.37. The second-order valence-electron chi connectivity index (χ2n) is 9.38. The van der Waals surface area contributed by atoms with Crippen molar-refractivity contribution in [3.63, 3.8) is 0 Å². The third-order valence-electron chi connectivity index (χ3n) is 6.36. The van der Waals surface area contributed by atoms with E-state index in [0.717, 1.165) is 25.1 Å². The van der Waals surface area contributed by atoms with Crippen LogP contribution in [0.25, 0.3) is 10.9 Å². The van der Waals surface area contributed by atoms with Crippen molar-refractivity contribution < 1.29 is 12.8 Å². The van der Waals surface area contributed by atoms with E-state index in [0.29, 0.717) is 28.6 Å². The molecule has 0 amide bonds. The number of rotatable bonds is 3. The Morgan fingerprint density at radius 1 is 1.00 bits per heavy atom. The quantitative estimate of drug-likeness (QED) is 0.578. The molecule has 2 aromatic carbocycles. The Morgan fingerprint density at radius 2 is 1.66 bits per heavy atom. The number of pyridine rings is 1. The van der Waals surface area contributed by atoms with Crippen molar-refractivity contribution in [1.29, 1.82) is 0 Å². The highest BCUT2D eigenvalue weighted by atomic mass is 32.2. The number of halogens is 1. The van der Waals surface area contributed by atoms with E-state index in [2.05, 4.69) is 13.8 Å². The van der Waals surface area contributed by atoms with E-state index in [9.17, 15) is 13.2 Å². The van der Waals surface area contributed by atoms with Crippen molar-refractivity contribution in [1.82, 2.24) is 4.57 Å². The number of benzene rings is 2. The van der Waals surface area contributed by atoms with Crippen LogP contribution in [0.1, 0.15) is 31.4 Å². The molecule has 4 rings (SSSR count). The van der Waals surface area contributed by atoms with Crippen LogP contribution in [0.4, 0.5) is 10.1 Å². The van der Waals surface area contributed by atoms with Gasteiger partial charge in [0.1, 0.15) is 10.7 Å². The summed E-state index contributed by atoms with van der Waals surface area (Å²) in [5.41, 5.74) is 1.64. The lowest BCUT2D eigenvalue weighted by molar-refractivity contribution is 0.354. The van der Waals surface area contributed by atoms with E-state index >= 15 is 4.39 Å². The zero-order valence-electron chi connectivity index (χ0n) is 19.1. The van der Waals surface area contributed by atoms with Gasteiger partial charge in [0.05, 0.1) is 21.5 Å². The fraction of sp³-hybridized carbons (Fsp3) is 0.400. The van der Waals surface area contributed by atoms with Gasteiger partial charge in [-0.15, -0.1) is 0 Å². The molecule has 1 aromatic heterocycles. The highest BCUT2D eigenvalue weighted by Crippen LogP contribution is 2.31. The van der Waals surface area contributed by atoms with Crippen LogP contribution >= 0.6 is 0 Å². The number of sulfone groups is 1. The van der Waals surface area contributed by atoms with Crippen LogP contribution in [-0.4, -0.2) is 26.1 Å². The Labute approximate surface area is 188 Å². The minimum Gasteiger partial charge on any atom is -0.369 e. The Bertz CT molecular complexity index is 1370. The molecule has 2 heterocycles. The van der Waals surface area contributed by atoms with E-state index in [1.54, 1.807) is 43.7 Å². The molecule has 1 saturated heterocycles. The summed E-state index contributed by atoms with van der Waals surface area (Å²) < 4.78 is 43.6. The molecule has 5 nitrogen and oxygen atoms in total. The largest absolute Gasteiger partial charge is 0.369 e. The zero-order chi connectivity index (χ0) is 23.4. The Hall–Kier alpha value is -2.67. The van der Waals surface area contributed by atoms with E-state index in [4.69, 9.17) is 0 Å². The highest BCUT2D eigenvalue weighted by molar-refractivity contribution is 7.91. The van der Waals surface area contributed by atoms with Crippen molar-refractivity contribution in [2.75, 3.05) is 18.0 Å². The summed E-state index contributed by atoms with van der Waals surface area (Å²) in [4.78, 5) is 15.1. The third kappa shape index (κ3) is 3.83. The van der Waals surface area contributed by atoms with E-state index in [1.165, 1.54) is 12.3 Å². The van der Waals surface area contributed by atoms with Gasteiger partial charge in [0.25, 0.3) is 0 Å². The summed E-state index contributed by atoms with van der Waals surface area (Å²) in [6.45, 7) is 9.31. The first kappa shape index (κ1) is 22.5. The molecule has 2 atom stereocenters. The average molecular weight is 457 g/mol. The number of hydrogen-bond acceptors (Lipinski definition) is 4. The number of anilines is 1. The SMILES string of the molecule is Cc1ccc(C)c(S(=O)(=O)c2cn(C)c3cc(N4C[C@H](C)C[C@H](C)C4)c(F)cc3c2=O)c1. The topological polar surface area (TPSA) is 59.4 Å². The molecule has 0 N–H and O–H groups in total. The van der Waals surface area contributed by atoms with Crippen LogP contribution in [0.2, 0.25) is 0 Å². The monoisotopic (exact) mass is 456 g/mol. The molecule has 0 aliphatic carbocycles. The molecule has 0 unspecified atom stereocenters. The van der Waals surface area contributed by atoms with Gasteiger partial charge in [-0.3, -0.25) is 4.79 Å². The van der Waals surface area contributed by atoms with Crippen molar-refractivity contribution in [2.24, 2.45) is 18.9 Å². The lowest BCUT2D eigenvalue weighted by atomic mass is 9.91. The van der Waals surface area contributed by atoms with Gasteiger partial charge >= 0.3 is 0 Å². The molecular formula is C25H29FN2O3S. The number of fused-ring (bicyclic) bond motifs is 1. The minimum absolute atomic E-state index is 0.0678. The molecule has 7 heteroatoms. The van der Waals surface area contributed by atoms with Crippen LogP contribution in [0.5, 0.6) is 0 Å². The van der Waals surface area contributed by atoms with Crippen LogP contribution in [-0.2, 0) is 16.9 Å². The van der Waals surface area contributed by atoms with E-state index in [-0.39, 0.29) is 15.2 Å². The number of piperidine rings is 1. The molecule has 32 heavy (non-hydrogen) atoms. The average Bonchev–Trinajstić information content (AvgIpc) is 2.71. The molecule has 0 saturated carbocycles. The summed E-state index contributed by atoms with van der Waals surface area (Å²) in [6, 6.07) is 7.98. The maximum atomic E-state index is 15.2. The van der Waals surface area contributed by atoms with Gasteiger partial charge in [-0.2, -0.15) is 0 Å². The molecular weight excluding hydrogens is 427 g/mol. The van der Waals surface area contributed by atoms with Gasteiger partial charge in [0.2, 0.25) is 15.3 Å². The van der Waals surface area contributed by atoms with E-state index < -0.39 is 21.1 Å². The van der Waals surface area contributed by atoms with Crippen molar-refractivity contribution in [3.05, 3.63) is 63.7 Å². The highest BCUT2D eigenvalue weighted by Gasteiger charge is 2.28. The normalized spacial score (nSPS) is 19.5. The Kier molecular flexibility index (Phi) is 5.65. The summed E-state index contributed by atoms with van der Waals surface area (Å²) >= 11 is 0. The fourth-order valence-electron chi connectivity index (χ4n) is 4.87. The first-order chi connectivity index (χ1) is 15.0. The maximum absolute atomic E-state index is 15.2. The van der Waals surface area contributed by atoms with Gasteiger partial charge in [-0.25, -0.2) is 12.8 Å². The molecule has 170 valence electrons. The smallest absolute Gasteiger partial charge is 0.212 e. The zero-order valence-corrected chi connectivity index (χ0v) is 20.0. The summed E-state index contributed by atoms with van der Waals surface area (Å²) in [5, 5.41) is 0.0678. The number of hydrogen-bond donors (Lipinski definition) is 0. The molecule has 0 spiro atoms. The van der Waals surface area contributed by atoms with Crippen molar-refractivity contribution in [3.8, 4) is 0 Å². The summed E-state index contributed by atoms with van der Waals surface area (Å²) in [5.74, 6) is 0.391. The van der Waals surface area contributed by atoms with Crippen molar-refractivity contribution in [2.45, 2.75) is 43.9 Å². The first-order valence-corrected chi connectivity index (χ1v) is 12.4. The minimum atomic E-state index is -4.06. The second-order valence-corrected chi connectivity index (χ2v) is 11.3. The predicted molar refractivity (Wildman–Crippen MR) is 126 cm³/mol. The summed E-state index contributed by atoms with van der Waals surface area (Å²) in [6.07, 6.45) is 2.45. The van der Waals surface area contributed by atoms with Crippen LogP contribution < -0.4 is 10.3 Å². The van der Waals surface area contributed by atoms with Crippen LogP contribution in [0, 0.1) is 31.5 Å². The Balaban J connectivity index is 1.89. The van der Waals surface area contributed by atoms with Crippen LogP contribution in [0.3, 0.4) is 0 Å². The van der Waals surface area contributed by atoms with Crippen molar-refractivity contribution >= 4 is 26.4 Å². The third-order valence-corrected chi connectivity index (χ3v) is 8.25. The van der Waals surface area contributed by atoms with Gasteiger partial charge in [-0.1, -0.05) is 26.0 Å². The molecule has 1 fully saturated rings.